The van der Waals surface area contributed by atoms with E-state index < -0.39 is 0 Å². The van der Waals surface area contributed by atoms with E-state index in [2.05, 4.69) is 30.9 Å². The number of benzene rings is 1. The molecule has 1 aromatic rings. The number of hydrogen-bond acceptors (Lipinski definition) is 3. The smallest absolute Gasteiger partial charge is 0.122 e. The molecule has 19 heavy (non-hydrogen) atoms. The summed E-state index contributed by atoms with van der Waals surface area (Å²) in [5.41, 5.74) is 9.68. The maximum atomic E-state index is 5.63. The van der Waals surface area contributed by atoms with Crippen molar-refractivity contribution in [3.63, 3.8) is 0 Å². The van der Waals surface area contributed by atoms with Crippen molar-refractivity contribution in [3.05, 3.63) is 28.8 Å². The molecule has 0 saturated carbocycles. The van der Waals surface area contributed by atoms with Crippen molar-refractivity contribution in [3.8, 4) is 5.75 Å². The van der Waals surface area contributed by atoms with Crippen molar-refractivity contribution in [2.45, 2.75) is 32.6 Å². The Bertz CT molecular complexity index is 423. The molecule has 1 aromatic carbocycles. The first-order valence-electron chi connectivity index (χ1n) is 7.23. The van der Waals surface area contributed by atoms with Gasteiger partial charge in [-0.15, -0.1) is 0 Å². The molecule has 0 amide bonds. The van der Waals surface area contributed by atoms with Crippen molar-refractivity contribution in [2.75, 3.05) is 33.3 Å². The zero-order valence-electron chi connectivity index (χ0n) is 12.4. The molecule has 1 saturated heterocycles. The van der Waals surface area contributed by atoms with Crippen LogP contribution >= 0.6 is 0 Å². The molecule has 106 valence electrons. The van der Waals surface area contributed by atoms with Crippen molar-refractivity contribution < 1.29 is 4.74 Å². The molecule has 3 heteroatoms. The summed E-state index contributed by atoms with van der Waals surface area (Å²) < 4.78 is 5.58. The van der Waals surface area contributed by atoms with Gasteiger partial charge in [-0.1, -0.05) is 6.07 Å². The number of ether oxygens (including phenoxy) is 1. The third kappa shape index (κ3) is 3.28. The van der Waals surface area contributed by atoms with E-state index in [1.165, 1.54) is 29.5 Å². The Morgan fingerprint density at radius 3 is 2.42 bits per heavy atom. The molecule has 2 rings (SSSR count). The van der Waals surface area contributed by atoms with E-state index in [1.807, 2.05) is 0 Å². The van der Waals surface area contributed by atoms with Gasteiger partial charge in [0.1, 0.15) is 5.75 Å². The van der Waals surface area contributed by atoms with E-state index in [0.29, 0.717) is 5.92 Å². The lowest BCUT2D eigenvalue weighted by Crippen LogP contribution is -2.36. The highest BCUT2D eigenvalue weighted by molar-refractivity contribution is 5.43. The van der Waals surface area contributed by atoms with Crippen LogP contribution in [0.5, 0.6) is 5.75 Å². The van der Waals surface area contributed by atoms with E-state index in [9.17, 15) is 0 Å². The molecule has 2 N–H and O–H groups in total. The van der Waals surface area contributed by atoms with E-state index >= 15 is 0 Å². The number of methoxy groups -OCH3 is 1. The highest BCUT2D eigenvalue weighted by Crippen LogP contribution is 2.35. The lowest BCUT2D eigenvalue weighted by atomic mass is 9.87. The Balaban J connectivity index is 2.12. The Morgan fingerprint density at radius 2 is 1.84 bits per heavy atom. The van der Waals surface area contributed by atoms with Crippen molar-refractivity contribution in [2.24, 2.45) is 5.73 Å². The fourth-order valence-corrected chi connectivity index (χ4v) is 2.96. The van der Waals surface area contributed by atoms with E-state index in [4.69, 9.17) is 10.5 Å². The summed E-state index contributed by atoms with van der Waals surface area (Å²) in [6, 6.07) is 4.49. The predicted molar refractivity (Wildman–Crippen MR) is 79.9 cm³/mol. The van der Waals surface area contributed by atoms with Crippen LogP contribution in [0.1, 0.15) is 35.4 Å². The lowest BCUT2D eigenvalue weighted by molar-refractivity contribution is 0.216. The second-order valence-electron chi connectivity index (χ2n) is 5.58. The first-order valence-corrected chi connectivity index (χ1v) is 7.23. The van der Waals surface area contributed by atoms with Crippen molar-refractivity contribution >= 4 is 0 Å². The molecule has 1 fully saturated rings. The van der Waals surface area contributed by atoms with Gasteiger partial charge in [-0.3, -0.25) is 0 Å². The Morgan fingerprint density at radius 1 is 1.21 bits per heavy atom. The maximum absolute atomic E-state index is 5.63. The molecule has 0 aliphatic carbocycles. The van der Waals surface area contributed by atoms with Gasteiger partial charge in [-0.25, -0.2) is 0 Å². The van der Waals surface area contributed by atoms with Crippen LogP contribution in [0.4, 0.5) is 0 Å². The fourth-order valence-electron chi connectivity index (χ4n) is 2.96. The molecule has 1 aliphatic rings. The van der Waals surface area contributed by atoms with Crippen LogP contribution in [0, 0.1) is 13.8 Å². The summed E-state index contributed by atoms with van der Waals surface area (Å²) >= 11 is 0. The van der Waals surface area contributed by atoms with Gasteiger partial charge in [0.05, 0.1) is 7.11 Å². The van der Waals surface area contributed by atoms with Gasteiger partial charge < -0.3 is 15.4 Å². The topological polar surface area (TPSA) is 38.5 Å². The Hall–Kier alpha value is -1.06. The molecule has 3 nitrogen and oxygen atoms in total. The van der Waals surface area contributed by atoms with Crippen LogP contribution in [-0.2, 0) is 0 Å². The number of hydrogen-bond donors (Lipinski definition) is 1. The first-order chi connectivity index (χ1) is 9.15. The van der Waals surface area contributed by atoms with E-state index in [-0.39, 0.29) is 0 Å². The van der Waals surface area contributed by atoms with Crippen LogP contribution in [0.25, 0.3) is 0 Å². The summed E-state index contributed by atoms with van der Waals surface area (Å²) in [6.45, 7) is 8.41. The van der Waals surface area contributed by atoms with Crippen molar-refractivity contribution in [1.82, 2.24) is 4.90 Å². The molecule has 0 radical (unpaired) electrons. The normalized spacial score (nSPS) is 17.7. The number of likely N-dealkylation sites (tertiary alicyclic amines) is 1. The number of piperidine rings is 1. The highest BCUT2D eigenvalue weighted by Gasteiger charge is 2.23. The summed E-state index contributed by atoms with van der Waals surface area (Å²) in [6.07, 6.45) is 2.41. The van der Waals surface area contributed by atoms with E-state index in [1.54, 1.807) is 7.11 Å². The van der Waals surface area contributed by atoms with Gasteiger partial charge in [-0.05, 0) is 68.5 Å². The molecular weight excluding hydrogens is 236 g/mol. The highest BCUT2D eigenvalue weighted by atomic mass is 16.5. The van der Waals surface area contributed by atoms with Gasteiger partial charge >= 0.3 is 0 Å². The SMILES string of the molecule is COc1cc(C)c(C)cc1C1CCN(CCN)CC1. The minimum atomic E-state index is 0.628. The molecule has 1 heterocycles. The monoisotopic (exact) mass is 262 g/mol. The summed E-state index contributed by atoms with van der Waals surface area (Å²) in [4.78, 5) is 2.46. The molecular formula is C16H26N2O. The molecule has 1 aliphatic heterocycles. The van der Waals surface area contributed by atoms with Gasteiger partial charge in [0.2, 0.25) is 0 Å². The van der Waals surface area contributed by atoms with Gasteiger partial charge in [0, 0.05) is 13.1 Å². The minimum absolute atomic E-state index is 0.628. The number of aryl methyl sites for hydroxylation is 2. The number of rotatable bonds is 4. The van der Waals surface area contributed by atoms with Crippen LogP contribution in [0.15, 0.2) is 12.1 Å². The quantitative estimate of drug-likeness (QED) is 0.906. The number of nitrogens with two attached hydrogens (primary N) is 1. The second kappa shape index (κ2) is 6.40. The van der Waals surface area contributed by atoms with Crippen molar-refractivity contribution in [1.29, 1.82) is 0 Å². The van der Waals surface area contributed by atoms with E-state index in [0.717, 1.165) is 31.9 Å². The van der Waals surface area contributed by atoms with Gasteiger partial charge in [0.15, 0.2) is 0 Å². The summed E-state index contributed by atoms with van der Waals surface area (Å²) in [5, 5.41) is 0. The largest absolute Gasteiger partial charge is 0.496 e. The molecule has 0 bridgehead atoms. The molecule has 0 aromatic heterocycles. The Kier molecular flexibility index (Phi) is 4.83. The second-order valence-corrected chi connectivity index (χ2v) is 5.58. The predicted octanol–water partition coefficient (Wildman–Crippen LogP) is 2.45. The summed E-state index contributed by atoms with van der Waals surface area (Å²) in [5.74, 6) is 1.68. The zero-order chi connectivity index (χ0) is 13.8. The van der Waals surface area contributed by atoms with Crippen LogP contribution < -0.4 is 10.5 Å². The third-order valence-corrected chi connectivity index (χ3v) is 4.32. The first kappa shape index (κ1) is 14.4. The van der Waals surface area contributed by atoms with Crippen LogP contribution in [-0.4, -0.2) is 38.2 Å². The molecule has 0 spiro atoms. The lowest BCUT2D eigenvalue weighted by Gasteiger charge is -2.32. The minimum Gasteiger partial charge on any atom is -0.496 e. The Labute approximate surface area is 116 Å². The average Bonchev–Trinajstić information content (AvgIpc) is 2.43. The summed E-state index contributed by atoms with van der Waals surface area (Å²) in [7, 11) is 1.77. The third-order valence-electron chi connectivity index (χ3n) is 4.32. The van der Waals surface area contributed by atoms with Gasteiger partial charge in [-0.2, -0.15) is 0 Å². The zero-order valence-corrected chi connectivity index (χ0v) is 12.4. The van der Waals surface area contributed by atoms with Gasteiger partial charge in [0.25, 0.3) is 0 Å². The number of nitrogens with zero attached hydrogens (tertiary/aromatic N) is 1. The molecule has 0 atom stereocenters. The fraction of sp³-hybridized carbons (Fsp3) is 0.625. The average molecular weight is 262 g/mol. The van der Waals surface area contributed by atoms with Crippen LogP contribution in [0.2, 0.25) is 0 Å². The maximum Gasteiger partial charge on any atom is 0.122 e. The standard InChI is InChI=1S/C16H26N2O/c1-12-10-15(16(19-3)11-13(12)2)14-4-7-18(8-5-14)9-6-17/h10-11,14H,4-9,17H2,1-3H3. The molecule has 0 unspecified atom stereocenters. The van der Waals surface area contributed by atoms with Crippen LogP contribution in [0.3, 0.4) is 0 Å².